The second-order valence-corrected chi connectivity index (χ2v) is 4.89. The normalized spacial score (nSPS) is 27.7. The molecule has 1 aliphatic carbocycles. The summed E-state index contributed by atoms with van der Waals surface area (Å²) < 4.78 is 0. The van der Waals surface area contributed by atoms with Crippen LogP contribution in [0.25, 0.3) is 0 Å². The van der Waals surface area contributed by atoms with Crippen LogP contribution in [0, 0.1) is 5.92 Å². The van der Waals surface area contributed by atoms with E-state index in [9.17, 15) is 4.79 Å². The van der Waals surface area contributed by atoms with Gasteiger partial charge in [-0.2, -0.15) is 0 Å². The zero-order chi connectivity index (χ0) is 10.8. The van der Waals surface area contributed by atoms with E-state index in [0.717, 1.165) is 32.1 Å². The maximum Gasteiger partial charge on any atom is 0.240 e. The number of carbonyl (C=O) groups is 1. The highest BCUT2D eigenvalue weighted by Crippen LogP contribution is 2.30. The molecule has 4 heteroatoms. The molecule has 1 unspecified atom stereocenters. The van der Waals surface area contributed by atoms with Crippen LogP contribution in [0.5, 0.6) is 0 Å². The van der Waals surface area contributed by atoms with Crippen LogP contribution in [0.1, 0.15) is 12.8 Å². The molecule has 2 rings (SSSR count). The van der Waals surface area contributed by atoms with Gasteiger partial charge in [-0.1, -0.05) is 0 Å². The molecule has 0 aromatic rings. The number of nitrogens with zero attached hydrogens (tertiary/aromatic N) is 2. The Morgan fingerprint density at radius 2 is 2.20 bits per heavy atom. The minimum absolute atomic E-state index is 0.0642. The zero-order valence-electron chi connectivity index (χ0n) is 9.70. The third-order valence-corrected chi connectivity index (χ3v) is 3.27. The van der Waals surface area contributed by atoms with Crippen LogP contribution in [-0.2, 0) is 4.79 Å². The standard InChI is InChI=1S/C11H21N3O/c1-13(2)11(15)10-7-12-5-6-14(10)8-9-3-4-9/h9-10,12H,3-8H2,1-2H3. The van der Waals surface area contributed by atoms with E-state index in [1.165, 1.54) is 12.8 Å². The van der Waals surface area contributed by atoms with Crippen LogP contribution in [-0.4, -0.2) is 62.0 Å². The first-order chi connectivity index (χ1) is 7.18. The van der Waals surface area contributed by atoms with Crippen molar-refractivity contribution >= 4 is 5.91 Å². The van der Waals surface area contributed by atoms with E-state index in [1.807, 2.05) is 14.1 Å². The molecule has 0 aromatic heterocycles. The number of rotatable bonds is 3. The monoisotopic (exact) mass is 211 g/mol. The number of hydrogen-bond donors (Lipinski definition) is 1. The molecule has 0 spiro atoms. The van der Waals surface area contributed by atoms with Gasteiger partial charge < -0.3 is 10.2 Å². The minimum atomic E-state index is 0.0642. The fourth-order valence-electron chi connectivity index (χ4n) is 2.14. The molecular weight excluding hydrogens is 190 g/mol. The van der Waals surface area contributed by atoms with Crippen LogP contribution in [0.15, 0.2) is 0 Å². The van der Waals surface area contributed by atoms with E-state index >= 15 is 0 Å². The van der Waals surface area contributed by atoms with Gasteiger partial charge in [0.1, 0.15) is 6.04 Å². The average Bonchev–Trinajstić information content (AvgIpc) is 3.01. The van der Waals surface area contributed by atoms with Crippen molar-refractivity contribution < 1.29 is 4.79 Å². The predicted octanol–water partition coefficient (Wildman–Crippen LogP) is -0.242. The molecule has 2 fully saturated rings. The summed E-state index contributed by atoms with van der Waals surface area (Å²) in [5, 5.41) is 3.31. The van der Waals surface area contributed by atoms with Crippen molar-refractivity contribution in [2.45, 2.75) is 18.9 Å². The van der Waals surface area contributed by atoms with Crippen molar-refractivity contribution in [3.8, 4) is 0 Å². The fraction of sp³-hybridized carbons (Fsp3) is 0.909. The molecule has 86 valence electrons. The van der Waals surface area contributed by atoms with Crippen molar-refractivity contribution in [2.75, 3.05) is 40.3 Å². The Morgan fingerprint density at radius 3 is 2.80 bits per heavy atom. The van der Waals surface area contributed by atoms with Gasteiger partial charge in [-0.15, -0.1) is 0 Å². The van der Waals surface area contributed by atoms with Crippen molar-refractivity contribution in [2.24, 2.45) is 5.92 Å². The van der Waals surface area contributed by atoms with E-state index in [0.29, 0.717) is 0 Å². The fourth-order valence-corrected chi connectivity index (χ4v) is 2.14. The lowest BCUT2D eigenvalue weighted by molar-refractivity contribution is -0.135. The second kappa shape index (κ2) is 4.49. The molecule has 1 amide bonds. The number of likely N-dealkylation sites (N-methyl/N-ethyl adjacent to an activating group) is 1. The quantitative estimate of drug-likeness (QED) is 0.700. The second-order valence-electron chi connectivity index (χ2n) is 4.89. The molecule has 1 aliphatic heterocycles. The Hall–Kier alpha value is -0.610. The molecule has 1 heterocycles. The van der Waals surface area contributed by atoms with Crippen LogP contribution in [0.4, 0.5) is 0 Å². The summed E-state index contributed by atoms with van der Waals surface area (Å²) in [6, 6.07) is 0.0642. The summed E-state index contributed by atoms with van der Waals surface area (Å²) >= 11 is 0. The Balaban J connectivity index is 1.94. The molecule has 1 saturated heterocycles. The lowest BCUT2D eigenvalue weighted by Gasteiger charge is -2.36. The van der Waals surface area contributed by atoms with Gasteiger partial charge >= 0.3 is 0 Å². The molecule has 1 atom stereocenters. The highest BCUT2D eigenvalue weighted by atomic mass is 16.2. The summed E-state index contributed by atoms with van der Waals surface area (Å²) in [7, 11) is 3.68. The number of carbonyl (C=O) groups excluding carboxylic acids is 1. The predicted molar refractivity (Wildman–Crippen MR) is 59.6 cm³/mol. The minimum Gasteiger partial charge on any atom is -0.347 e. The lowest BCUT2D eigenvalue weighted by Crippen LogP contribution is -2.57. The maximum absolute atomic E-state index is 12.0. The zero-order valence-corrected chi connectivity index (χ0v) is 9.70. The SMILES string of the molecule is CN(C)C(=O)C1CNCCN1CC1CC1. The third-order valence-electron chi connectivity index (χ3n) is 3.27. The molecule has 15 heavy (non-hydrogen) atoms. The molecule has 1 saturated carbocycles. The highest BCUT2D eigenvalue weighted by molar-refractivity contribution is 5.81. The van der Waals surface area contributed by atoms with E-state index in [2.05, 4.69) is 10.2 Å². The molecule has 4 nitrogen and oxygen atoms in total. The van der Waals surface area contributed by atoms with Crippen LogP contribution >= 0.6 is 0 Å². The molecule has 1 N–H and O–H groups in total. The summed E-state index contributed by atoms with van der Waals surface area (Å²) in [4.78, 5) is 16.0. The maximum atomic E-state index is 12.0. The van der Waals surface area contributed by atoms with Gasteiger partial charge in [-0.3, -0.25) is 9.69 Å². The van der Waals surface area contributed by atoms with Crippen molar-refractivity contribution in [1.82, 2.24) is 15.1 Å². The number of piperazine rings is 1. The number of nitrogens with one attached hydrogen (secondary N) is 1. The molecule has 0 bridgehead atoms. The Bertz CT molecular complexity index is 238. The Morgan fingerprint density at radius 1 is 1.47 bits per heavy atom. The van der Waals surface area contributed by atoms with Crippen LogP contribution < -0.4 is 5.32 Å². The Labute approximate surface area is 91.6 Å². The van der Waals surface area contributed by atoms with Gasteiger partial charge in [-0.05, 0) is 18.8 Å². The third kappa shape index (κ3) is 2.69. The van der Waals surface area contributed by atoms with E-state index in [-0.39, 0.29) is 11.9 Å². The first-order valence-electron chi connectivity index (χ1n) is 5.84. The lowest BCUT2D eigenvalue weighted by atomic mass is 10.1. The van der Waals surface area contributed by atoms with Gasteiger partial charge in [-0.25, -0.2) is 0 Å². The first-order valence-corrected chi connectivity index (χ1v) is 5.84. The van der Waals surface area contributed by atoms with Crippen LogP contribution in [0.2, 0.25) is 0 Å². The Kier molecular flexibility index (Phi) is 3.26. The largest absolute Gasteiger partial charge is 0.347 e. The van der Waals surface area contributed by atoms with Gasteiger partial charge in [0.15, 0.2) is 0 Å². The number of hydrogen-bond acceptors (Lipinski definition) is 3. The van der Waals surface area contributed by atoms with Crippen LogP contribution in [0.3, 0.4) is 0 Å². The van der Waals surface area contributed by atoms with Crippen molar-refractivity contribution in [1.29, 1.82) is 0 Å². The smallest absolute Gasteiger partial charge is 0.240 e. The summed E-state index contributed by atoms with van der Waals surface area (Å²) in [5.41, 5.74) is 0. The molecular formula is C11H21N3O. The van der Waals surface area contributed by atoms with Crippen molar-refractivity contribution in [3.63, 3.8) is 0 Å². The van der Waals surface area contributed by atoms with E-state index < -0.39 is 0 Å². The first kappa shape index (κ1) is 10.9. The molecule has 0 radical (unpaired) electrons. The summed E-state index contributed by atoms with van der Waals surface area (Å²) in [6.07, 6.45) is 2.71. The van der Waals surface area contributed by atoms with Gasteiger partial charge in [0.2, 0.25) is 5.91 Å². The summed E-state index contributed by atoms with van der Waals surface area (Å²) in [5.74, 6) is 1.10. The van der Waals surface area contributed by atoms with Gasteiger partial charge in [0.05, 0.1) is 0 Å². The summed E-state index contributed by atoms with van der Waals surface area (Å²) in [6.45, 7) is 3.96. The van der Waals surface area contributed by atoms with Crippen molar-refractivity contribution in [3.05, 3.63) is 0 Å². The molecule has 0 aromatic carbocycles. The highest BCUT2D eigenvalue weighted by Gasteiger charge is 2.33. The van der Waals surface area contributed by atoms with Gasteiger partial charge in [0.25, 0.3) is 0 Å². The topological polar surface area (TPSA) is 35.6 Å². The number of amides is 1. The average molecular weight is 211 g/mol. The van der Waals surface area contributed by atoms with E-state index in [1.54, 1.807) is 4.90 Å². The van der Waals surface area contributed by atoms with Gasteiger partial charge in [0, 0.05) is 40.3 Å². The van der Waals surface area contributed by atoms with E-state index in [4.69, 9.17) is 0 Å². The molecule has 2 aliphatic rings.